The summed E-state index contributed by atoms with van der Waals surface area (Å²) in [7, 11) is 0. The Morgan fingerprint density at radius 1 is 0.579 bits per heavy atom. The molecule has 0 nitrogen and oxygen atoms in total. The number of rotatable bonds is 1. The van der Waals surface area contributed by atoms with Crippen LogP contribution in [0.2, 0.25) is 0 Å². The van der Waals surface area contributed by atoms with Crippen LogP contribution in [0.4, 0.5) is 0 Å². The van der Waals surface area contributed by atoms with Crippen LogP contribution in [0.5, 0.6) is 0 Å². The molecule has 0 atom stereocenters. The molecule has 1 saturated carbocycles. The average Bonchev–Trinajstić information content (AvgIpc) is 2.61. The van der Waals surface area contributed by atoms with E-state index in [1.54, 1.807) is 22.3 Å². The first-order valence-corrected chi connectivity index (χ1v) is 8.48. The van der Waals surface area contributed by atoms with Crippen LogP contribution in [0, 0.1) is 11.8 Å². The van der Waals surface area contributed by atoms with E-state index in [-0.39, 0.29) is 0 Å². The molecule has 0 aromatic heterocycles. The summed E-state index contributed by atoms with van der Waals surface area (Å²) in [5, 5.41) is 0. The van der Waals surface area contributed by atoms with Gasteiger partial charge in [-0.3, -0.25) is 0 Å². The molecular formula is C19H32. The monoisotopic (exact) mass is 260 g/mol. The zero-order valence-corrected chi connectivity index (χ0v) is 13.5. The van der Waals surface area contributed by atoms with Gasteiger partial charge in [0.2, 0.25) is 0 Å². The number of hydrogen-bond acceptors (Lipinski definition) is 0. The zero-order chi connectivity index (χ0) is 13.8. The van der Waals surface area contributed by atoms with Crippen molar-refractivity contribution in [3.8, 4) is 0 Å². The highest BCUT2D eigenvalue weighted by molar-refractivity contribution is 5.46. The van der Waals surface area contributed by atoms with E-state index in [0.29, 0.717) is 0 Å². The maximum Gasteiger partial charge on any atom is 0.00413 e. The normalized spacial score (nSPS) is 25.3. The average molecular weight is 260 g/mol. The Bertz CT molecular complexity index is 335. The predicted octanol–water partition coefficient (Wildman–Crippen LogP) is 6.43. The van der Waals surface area contributed by atoms with Gasteiger partial charge in [0.05, 0.1) is 0 Å². The van der Waals surface area contributed by atoms with Crippen molar-refractivity contribution in [1.82, 2.24) is 0 Å². The summed E-state index contributed by atoms with van der Waals surface area (Å²) in [6, 6.07) is 0. The first-order valence-electron chi connectivity index (χ1n) is 8.48. The van der Waals surface area contributed by atoms with Gasteiger partial charge in [-0.1, -0.05) is 56.1 Å². The lowest BCUT2D eigenvalue weighted by Crippen LogP contribution is -2.16. The Morgan fingerprint density at radius 3 is 1.37 bits per heavy atom. The minimum atomic E-state index is 0.777. The first kappa shape index (κ1) is 14.9. The molecule has 0 saturated heterocycles. The van der Waals surface area contributed by atoms with Gasteiger partial charge < -0.3 is 0 Å². The second-order valence-electron chi connectivity index (χ2n) is 6.91. The van der Waals surface area contributed by atoms with Gasteiger partial charge in [-0.15, -0.1) is 0 Å². The third-order valence-corrected chi connectivity index (χ3v) is 5.80. The van der Waals surface area contributed by atoms with E-state index in [0.717, 1.165) is 11.8 Å². The van der Waals surface area contributed by atoms with Crippen LogP contribution in [-0.4, -0.2) is 0 Å². The minimum absolute atomic E-state index is 0.777. The Hall–Kier alpha value is -0.520. The molecule has 2 aliphatic carbocycles. The van der Waals surface area contributed by atoms with E-state index in [4.69, 9.17) is 0 Å². The summed E-state index contributed by atoms with van der Waals surface area (Å²) in [4.78, 5) is 0. The van der Waals surface area contributed by atoms with Crippen LogP contribution >= 0.6 is 0 Å². The number of hydrogen-bond donors (Lipinski definition) is 0. The maximum absolute atomic E-state index is 2.39. The molecule has 0 unspecified atom stereocenters. The van der Waals surface area contributed by atoms with Crippen molar-refractivity contribution in [2.45, 2.75) is 85.5 Å². The second-order valence-corrected chi connectivity index (χ2v) is 6.91. The Labute approximate surface area is 120 Å². The van der Waals surface area contributed by atoms with Gasteiger partial charge in [-0.2, -0.15) is 0 Å². The van der Waals surface area contributed by atoms with E-state index in [9.17, 15) is 0 Å². The van der Waals surface area contributed by atoms with Crippen molar-refractivity contribution in [3.05, 3.63) is 22.3 Å². The summed E-state index contributed by atoms with van der Waals surface area (Å²) >= 11 is 0. The fraction of sp³-hybridized carbons (Fsp3) is 0.789. The van der Waals surface area contributed by atoms with E-state index in [2.05, 4.69) is 27.7 Å². The van der Waals surface area contributed by atoms with Crippen LogP contribution in [0.15, 0.2) is 22.3 Å². The molecule has 0 bridgehead atoms. The van der Waals surface area contributed by atoms with Crippen molar-refractivity contribution < 1.29 is 0 Å². The van der Waals surface area contributed by atoms with Crippen molar-refractivity contribution >= 4 is 0 Å². The molecule has 108 valence electrons. The van der Waals surface area contributed by atoms with E-state index in [1.165, 1.54) is 57.8 Å². The molecule has 0 radical (unpaired) electrons. The van der Waals surface area contributed by atoms with E-state index >= 15 is 0 Å². The van der Waals surface area contributed by atoms with Crippen LogP contribution in [-0.2, 0) is 0 Å². The second kappa shape index (κ2) is 6.77. The predicted molar refractivity (Wildman–Crippen MR) is 85.3 cm³/mol. The molecule has 0 aromatic carbocycles. The third kappa shape index (κ3) is 3.33. The summed E-state index contributed by atoms with van der Waals surface area (Å²) in [6.07, 6.45) is 13.2. The Morgan fingerprint density at radius 2 is 0.947 bits per heavy atom. The molecule has 2 aliphatic rings. The molecule has 0 aliphatic heterocycles. The quantitative estimate of drug-likeness (QED) is 0.509. The molecule has 1 fully saturated rings. The third-order valence-electron chi connectivity index (χ3n) is 5.80. The van der Waals surface area contributed by atoms with Crippen LogP contribution < -0.4 is 0 Å². The molecular weight excluding hydrogens is 228 g/mol. The minimum Gasteiger partial charge on any atom is -0.0627 e. The fourth-order valence-corrected chi connectivity index (χ4v) is 4.26. The smallest absolute Gasteiger partial charge is 0.00413 e. The topological polar surface area (TPSA) is 0 Å². The highest BCUT2D eigenvalue weighted by Crippen LogP contribution is 2.44. The molecule has 0 heterocycles. The van der Waals surface area contributed by atoms with E-state index < -0.39 is 0 Å². The lowest BCUT2D eigenvalue weighted by molar-refractivity contribution is 0.332. The molecule has 0 amide bonds. The SMILES string of the molecule is CC1=C(C)C(C2CCCCCCCCC2)C(C)=C1C. The summed E-state index contributed by atoms with van der Waals surface area (Å²) < 4.78 is 0. The van der Waals surface area contributed by atoms with Crippen LogP contribution in [0.3, 0.4) is 0 Å². The highest BCUT2D eigenvalue weighted by atomic mass is 14.4. The van der Waals surface area contributed by atoms with Gasteiger partial charge in [-0.25, -0.2) is 0 Å². The highest BCUT2D eigenvalue weighted by Gasteiger charge is 2.30. The molecule has 2 rings (SSSR count). The van der Waals surface area contributed by atoms with E-state index in [1.807, 2.05) is 0 Å². The Balaban J connectivity index is 2.09. The van der Waals surface area contributed by atoms with Gasteiger partial charge in [0, 0.05) is 5.92 Å². The first-order chi connectivity index (χ1) is 9.13. The van der Waals surface area contributed by atoms with Crippen LogP contribution in [0.1, 0.15) is 85.5 Å². The Kier molecular flexibility index (Phi) is 5.30. The van der Waals surface area contributed by atoms with Crippen molar-refractivity contribution in [1.29, 1.82) is 0 Å². The van der Waals surface area contributed by atoms with Crippen molar-refractivity contribution in [2.24, 2.45) is 11.8 Å². The van der Waals surface area contributed by atoms with Gasteiger partial charge in [0.1, 0.15) is 0 Å². The molecule has 0 aromatic rings. The maximum atomic E-state index is 2.39. The lowest BCUT2D eigenvalue weighted by Gasteiger charge is -2.28. The molecule has 0 heteroatoms. The molecule has 0 spiro atoms. The van der Waals surface area contributed by atoms with Crippen molar-refractivity contribution in [2.75, 3.05) is 0 Å². The zero-order valence-electron chi connectivity index (χ0n) is 13.5. The van der Waals surface area contributed by atoms with Crippen LogP contribution in [0.25, 0.3) is 0 Å². The van der Waals surface area contributed by atoms with Gasteiger partial charge in [0.25, 0.3) is 0 Å². The summed E-state index contributed by atoms with van der Waals surface area (Å²) in [5.41, 5.74) is 6.52. The number of allylic oxidation sites excluding steroid dienone is 4. The molecule has 0 N–H and O–H groups in total. The lowest BCUT2D eigenvalue weighted by atomic mass is 9.77. The summed E-state index contributed by atoms with van der Waals surface area (Å²) in [5.74, 6) is 1.70. The largest absolute Gasteiger partial charge is 0.0627 e. The van der Waals surface area contributed by atoms with Crippen molar-refractivity contribution in [3.63, 3.8) is 0 Å². The summed E-state index contributed by atoms with van der Waals surface area (Å²) in [6.45, 7) is 9.43. The fourth-order valence-electron chi connectivity index (χ4n) is 4.26. The van der Waals surface area contributed by atoms with Gasteiger partial charge >= 0.3 is 0 Å². The van der Waals surface area contributed by atoms with Gasteiger partial charge in [-0.05, 0) is 57.6 Å². The van der Waals surface area contributed by atoms with Gasteiger partial charge in [0.15, 0.2) is 0 Å². The standard InChI is InChI=1S/C19H32/c1-14-15(2)17(4)19(16(14)3)18-12-10-8-6-5-7-9-11-13-18/h18-19H,5-13H2,1-4H3. The molecule has 19 heavy (non-hydrogen) atoms.